The molecule has 0 aliphatic carbocycles. The number of unbranched alkanes of at least 4 members (excludes halogenated alkanes) is 2. The number of aromatic nitrogens is 2. The highest BCUT2D eigenvalue weighted by Gasteiger charge is 2.05. The van der Waals surface area contributed by atoms with Crippen molar-refractivity contribution in [1.82, 2.24) is 9.97 Å². The van der Waals surface area contributed by atoms with Gasteiger partial charge in [-0.15, -0.1) is 0 Å². The molecule has 2 heterocycles. The summed E-state index contributed by atoms with van der Waals surface area (Å²) >= 11 is 0. The summed E-state index contributed by atoms with van der Waals surface area (Å²) in [5.41, 5.74) is 6.99. The molecule has 2 rings (SSSR count). The fourth-order valence-corrected chi connectivity index (χ4v) is 1.98. The summed E-state index contributed by atoms with van der Waals surface area (Å²) in [6, 6.07) is 7.64. The predicted octanol–water partition coefficient (Wildman–Crippen LogP) is 2.40. The average molecular weight is 272 g/mol. The van der Waals surface area contributed by atoms with E-state index < -0.39 is 0 Å². The Morgan fingerprint density at radius 2 is 1.95 bits per heavy atom. The van der Waals surface area contributed by atoms with Gasteiger partial charge in [-0.25, -0.2) is 9.97 Å². The van der Waals surface area contributed by atoms with Crippen molar-refractivity contribution >= 4 is 22.8 Å². The highest BCUT2D eigenvalue weighted by atomic mass is 16.1. The van der Waals surface area contributed by atoms with Gasteiger partial charge in [0.2, 0.25) is 5.91 Å². The zero-order valence-electron chi connectivity index (χ0n) is 11.7. The molecule has 5 nitrogen and oxygen atoms in total. The van der Waals surface area contributed by atoms with E-state index in [2.05, 4.69) is 15.3 Å². The molecule has 1 amide bonds. The Hall–Kier alpha value is -2.01. The maximum atomic E-state index is 11.8. The Morgan fingerprint density at radius 3 is 2.75 bits per heavy atom. The number of fused-ring (bicyclic) bond motifs is 1. The number of hydrogen-bond acceptors (Lipinski definition) is 4. The molecule has 0 saturated carbocycles. The number of nitrogens with one attached hydrogen (secondary N) is 1. The molecular formula is C15H20N4O. The number of nitrogens with zero attached hydrogens (tertiary/aromatic N) is 2. The number of pyridine rings is 2. The third-order valence-electron chi connectivity index (χ3n) is 3.07. The van der Waals surface area contributed by atoms with Gasteiger partial charge in [-0.1, -0.05) is 6.42 Å². The predicted molar refractivity (Wildman–Crippen MR) is 80.4 cm³/mol. The fraction of sp³-hybridized carbons (Fsp3) is 0.400. The Labute approximate surface area is 118 Å². The number of amides is 1. The topological polar surface area (TPSA) is 80.9 Å². The minimum absolute atomic E-state index is 0.0125. The van der Waals surface area contributed by atoms with Crippen LogP contribution >= 0.6 is 0 Å². The highest BCUT2D eigenvalue weighted by molar-refractivity contribution is 5.91. The van der Waals surface area contributed by atoms with Crippen LogP contribution in [0.2, 0.25) is 0 Å². The third-order valence-corrected chi connectivity index (χ3v) is 3.07. The van der Waals surface area contributed by atoms with Gasteiger partial charge in [0.1, 0.15) is 5.82 Å². The Bertz CT molecular complexity index is 597. The van der Waals surface area contributed by atoms with E-state index in [1.165, 1.54) is 0 Å². The van der Waals surface area contributed by atoms with Crippen molar-refractivity contribution in [2.24, 2.45) is 5.73 Å². The molecule has 106 valence electrons. The van der Waals surface area contributed by atoms with Gasteiger partial charge < -0.3 is 11.1 Å². The summed E-state index contributed by atoms with van der Waals surface area (Å²) in [6.07, 6.45) is 3.30. The number of carbonyl (C=O) groups is 1. The molecule has 0 aliphatic heterocycles. The van der Waals surface area contributed by atoms with Crippen LogP contribution in [0.3, 0.4) is 0 Å². The quantitative estimate of drug-likeness (QED) is 0.791. The van der Waals surface area contributed by atoms with E-state index in [1.54, 1.807) is 6.07 Å². The second-order valence-corrected chi connectivity index (χ2v) is 4.84. The number of carbonyl (C=O) groups excluding carboxylic acids is 1. The van der Waals surface area contributed by atoms with E-state index in [9.17, 15) is 4.79 Å². The molecule has 0 aromatic carbocycles. The molecule has 0 aliphatic rings. The van der Waals surface area contributed by atoms with Crippen LogP contribution in [-0.4, -0.2) is 22.4 Å². The molecule has 2 aromatic heterocycles. The van der Waals surface area contributed by atoms with Gasteiger partial charge >= 0.3 is 0 Å². The maximum absolute atomic E-state index is 11.8. The molecule has 0 bridgehead atoms. The lowest BCUT2D eigenvalue weighted by atomic mass is 10.2. The van der Waals surface area contributed by atoms with Gasteiger partial charge in [0.25, 0.3) is 0 Å². The van der Waals surface area contributed by atoms with Crippen LogP contribution in [0.15, 0.2) is 24.3 Å². The van der Waals surface area contributed by atoms with Crippen LogP contribution in [0, 0.1) is 6.92 Å². The Morgan fingerprint density at radius 1 is 1.15 bits per heavy atom. The molecule has 3 N–H and O–H groups in total. The Kier molecular flexibility index (Phi) is 5.01. The van der Waals surface area contributed by atoms with Gasteiger partial charge in [-0.05, 0) is 50.6 Å². The molecular weight excluding hydrogens is 252 g/mol. The number of anilines is 1. The van der Waals surface area contributed by atoms with E-state index in [0.717, 1.165) is 30.3 Å². The number of aryl methyl sites for hydroxylation is 1. The first-order chi connectivity index (χ1) is 9.69. The highest BCUT2D eigenvalue weighted by Crippen LogP contribution is 2.14. The second-order valence-electron chi connectivity index (χ2n) is 4.84. The summed E-state index contributed by atoms with van der Waals surface area (Å²) in [5.74, 6) is 0.543. The number of rotatable bonds is 6. The van der Waals surface area contributed by atoms with Gasteiger partial charge in [-0.2, -0.15) is 0 Å². The molecule has 0 spiro atoms. The van der Waals surface area contributed by atoms with Crippen molar-refractivity contribution in [1.29, 1.82) is 0 Å². The lowest BCUT2D eigenvalue weighted by Crippen LogP contribution is -2.12. The van der Waals surface area contributed by atoms with Crippen molar-refractivity contribution in [2.75, 3.05) is 11.9 Å². The molecule has 0 fully saturated rings. The zero-order chi connectivity index (χ0) is 14.4. The van der Waals surface area contributed by atoms with E-state index in [-0.39, 0.29) is 5.91 Å². The first-order valence-electron chi connectivity index (χ1n) is 6.93. The van der Waals surface area contributed by atoms with Gasteiger partial charge in [0.05, 0.1) is 0 Å². The molecule has 20 heavy (non-hydrogen) atoms. The zero-order valence-corrected chi connectivity index (χ0v) is 11.7. The van der Waals surface area contributed by atoms with Crippen LogP contribution in [0.25, 0.3) is 11.0 Å². The summed E-state index contributed by atoms with van der Waals surface area (Å²) in [5, 5.41) is 3.78. The minimum Gasteiger partial charge on any atom is -0.330 e. The van der Waals surface area contributed by atoms with Crippen LogP contribution < -0.4 is 11.1 Å². The van der Waals surface area contributed by atoms with Crippen molar-refractivity contribution in [3.05, 3.63) is 30.0 Å². The number of nitrogens with two attached hydrogens (primary N) is 1. The fourth-order valence-electron chi connectivity index (χ4n) is 1.98. The molecule has 0 atom stereocenters. The van der Waals surface area contributed by atoms with Gasteiger partial charge in [0, 0.05) is 17.5 Å². The lowest BCUT2D eigenvalue weighted by molar-refractivity contribution is -0.116. The molecule has 5 heteroatoms. The summed E-state index contributed by atoms with van der Waals surface area (Å²) < 4.78 is 0. The number of hydrogen-bond donors (Lipinski definition) is 2. The van der Waals surface area contributed by atoms with Crippen LogP contribution in [-0.2, 0) is 4.79 Å². The van der Waals surface area contributed by atoms with Gasteiger partial charge in [-0.3, -0.25) is 4.79 Å². The van der Waals surface area contributed by atoms with Crippen LogP contribution in [0.1, 0.15) is 31.4 Å². The molecule has 0 radical (unpaired) electrons. The van der Waals surface area contributed by atoms with Crippen molar-refractivity contribution in [3.8, 4) is 0 Å². The smallest absolute Gasteiger partial charge is 0.225 e. The average Bonchev–Trinajstić information content (AvgIpc) is 2.43. The maximum Gasteiger partial charge on any atom is 0.225 e. The summed E-state index contributed by atoms with van der Waals surface area (Å²) in [4.78, 5) is 20.5. The second kappa shape index (κ2) is 6.96. The standard InChI is InChI=1S/C15H20N4O/c1-11-6-7-12-8-9-13(19-15(12)17-11)18-14(20)5-3-2-4-10-16/h6-9H,2-5,10,16H2,1H3,(H,17,18,19,20). The molecule has 0 saturated heterocycles. The van der Waals surface area contributed by atoms with Crippen molar-refractivity contribution in [2.45, 2.75) is 32.6 Å². The van der Waals surface area contributed by atoms with Gasteiger partial charge in [0.15, 0.2) is 5.65 Å². The van der Waals surface area contributed by atoms with E-state index in [0.29, 0.717) is 24.4 Å². The lowest BCUT2D eigenvalue weighted by Gasteiger charge is -2.05. The summed E-state index contributed by atoms with van der Waals surface area (Å²) in [6.45, 7) is 2.60. The van der Waals surface area contributed by atoms with Crippen molar-refractivity contribution < 1.29 is 4.79 Å². The summed E-state index contributed by atoms with van der Waals surface area (Å²) in [7, 11) is 0. The van der Waals surface area contributed by atoms with Crippen molar-refractivity contribution in [3.63, 3.8) is 0 Å². The minimum atomic E-state index is -0.0125. The first kappa shape index (κ1) is 14.4. The largest absolute Gasteiger partial charge is 0.330 e. The first-order valence-corrected chi connectivity index (χ1v) is 6.93. The Balaban J connectivity index is 1.97. The van der Waals surface area contributed by atoms with Crippen LogP contribution in [0.5, 0.6) is 0 Å². The SMILES string of the molecule is Cc1ccc2ccc(NC(=O)CCCCCN)nc2n1. The van der Waals surface area contributed by atoms with E-state index >= 15 is 0 Å². The monoisotopic (exact) mass is 272 g/mol. The molecule has 2 aromatic rings. The van der Waals surface area contributed by atoms with E-state index in [4.69, 9.17) is 5.73 Å². The van der Waals surface area contributed by atoms with Crippen LogP contribution in [0.4, 0.5) is 5.82 Å². The molecule has 0 unspecified atom stereocenters. The van der Waals surface area contributed by atoms with E-state index in [1.807, 2.05) is 25.1 Å². The third kappa shape index (κ3) is 3.99. The normalized spacial score (nSPS) is 10.7.